The summed E-state index contributed by atoms with van der Waals surface area (Å²) in [7, 11) is 2.17. The van der Waals surface area contributed by atoms with Gasteiger partial charge in [-0.3, -0.25) is 4.79 Å². The van der Waals surface area contributed by atoms with Gasteiger partial charge in [-0.25, -0.2) is 0 Å². The van der Waals surface area contributed by atoms with Crippen molar-refractivity contribution >= 4 is 24.4 Å². The Morgan fingerprint density at radius 1 is 1.09 bits per heavy atom. The number of hydrogen-bond acceptors (Lipinski definition) is 4. The average Bonchev–Trinajstić information content (AvgIpc) is 2.51. The number of carbonyl (C=O) groups is 1. The van der Waals surface area contributed by atoms with E-state index in [0.717, 1.165) is 32.1 Å². The van der Waals surface area contributed by atoms with E-state index in [1.54, 1.807) is 0 Å². The maximum absolute atomic E-state index is 11.1. The van der Waals surface area contributed by atoms with E-state index in [1.165, 1.54) is 31.2 Å². The Morgan fingerprint density at radius 3 is 2.35 bits per heavy atom. The highest BCUT2D eigenvalue weighted by atomic mass is 35.5. The standard InChI is InChI=1S/C18H28N2O2.ClH/c1-20(16-17-11-7-6-8-12-17)14-10-5-3-2-4-9-13-18(21)15-19-22;/h6-8,11-12,15,22H,2-5,9-10,13-14,16H2,1H3;1H/b19-15+;. The number of nitrogens with zero attached hydrogens (tertiary/aromatic N) is 2. The number of carbonyl (C=O) groups excluding carboxylic acids is 1. The highest BCUT2D eigenvalue weighted by Crippen LogP contribution is 2.09. The summed E-state index contributed by atoms with van der Waals surface area (Å²) in [5.41, 5.74) is 1.36. The van der Waals surface area contributed by atoms with Crippen LogP contribution in [-0.2, 0) is 11.3 Å². The predicted octanol–water partition coefficient (Wildman–Crippen LogP) is 4.30. The molecule has 0 bridgehead atoms. The molecule has 0 saturated carbocycles. The van der Waals surface area contributed by atoms with Gasteiger partial charge in [-0.15, -0.1) is 12.4 Å². The van der Waals surface area contributed by atoms with E-state index >= 15 is 0 Å². The lowest BCUT2D eigenvalue weighted by Gasteiger charge is -2.16. The molecular weight excluding hydrogens is 312 g/mol. The number of halogens is 1. The van der Waals surface area contributed by atoms with Gasteiger partial charge in [0.05, 0.1) is 0 Å². The predicted molar refractivity (Wildman–Crippen MR) is 97.6 cm³/mol. The smallest absolute Gasteiger partial charge is 0.177 e. The van der Waals surface area contributed by atoms with Gasteiger partial charge < -0.3 is 10.1 Å². The minimum absolute atomic E-state index is 0. The van der Waals surface area contributed by atoms with Crippen LogP contribution in [0.5, 0.6) is 0 Å². The first kappa shape index (κ1) is 21.6. The topological polar surface area (TPSA) is 52.9 Å². The summed E-state index contributed by atoms with van der Waals surface area (Å²) < 4.78 is 0. The molecule has 4 nitrogen and oxygen atoms in total. The molecular formula is C18H29ClN2O2. The highest BCUT2D eigenvalue weighted by molar-refractivity contribution is 6.27. The first-order chi connectivity index (χ1) is 10.7. The van der Waals surface area contributed by atoms with Crippen LogP contribution in [0.3, 0.4) is 0 Å². The molecule has 0 aromatic heterocycles. The van der Waals surface area contributed by atoms with Crippen LogP contribution in [0.2, 0.25) is 0 Å². The second kappa shape index (κ2) is 14.2. The summed E-state index contributed by atoms with van der Waals surface area (Å²) in [6.07, 6.45) is 8.30. The number of benzene rings is 1. The van der Waals surface area contributed by atoms with Crippen LogP contribution in [0, 0.1) is 0 Å². The summed E-state index contributed by atoms with van der Waals surface area (Å²) in [4.78, 5) is 13.5. The van der Waals surface area contributed by atoms with Crippen molar-refractivity contribution in [3.05, 3.63) is 35.9 Å². The summed E-state index contributed by atoms with van der Waals surface area (Å²) in [5.74, 6) is -0.0926. The van der Waals surface area contributed by atoms with Crippen molar-refractivity contribution in [3.63, 3.8) is 0 Å². The zero-order chi connectivity index (χ0) is 16.0. The normalized spacial score (nSPS) is 10.9. The summed E-state index contributed by atoms with van der Waals surface area (Å²) in [6.45, 7) is 2.13. The van der Waals surface area contributed by atoms with Crippen molar-refractivity contribution < 1.29 is 10.0 Å². The Morgan fingerprint density at radius 2 is 1.70 bits per heavy atom. The van der Waals surface area contributed by atoms with Crippen molar-refractivity contribution in [2.75, 3.05) is 13.6 Å². The Balaban J connectivity index is 0.00000484. The first-order valence-corrected chi connectivity index (χ1v) is 8.15. The van der Waals surface area contributed by atoms with Crippen LogP contribution >= 0.6 is 12.4 Å². The molecule has 0 saturated heterocycles. The van der Waals surface area contributed by atoms with Crippen molar-refractivity contribution in [1.82, 2.24) is 4.90 Å². The molecule has 130 valence electrons. The van der Waals surface area contributed by atoms with E-state index in [9.17, 15) is 4.79 Å². The molecule has 0 fully saturated rings. The van der Waals surface area contributed by atoms with Gasteiger partial charge in [0.25, 0.3) is 0 Å². The van der Waals surface area contributed by atoms with Crippen LogP contribution in [0.25, 0.3) is 0 Å². The van der Waals surface area contributed by atoms with E-state index in [2.05, 4.69) is 41.4 Å². The number of Topliss-reactive ketones (excluding diaryl/α,β-unsaturated/α-hetero) is 1. The van der Waals surface area contributed by atoms with Gasteiger partial charge in [-0.1, -0.05) is 61.2 Å². The third-order valence-corrected chi connectivity index (χ3v) is 3.71. The Hall–Kier alpha value is -1.39. The minimum atomic E-state index is -0.0926. The molecule has 1 rings (SSSR count). The molecule has 23 heavy (non-hydrogen) atoms. The third-order valence-electron chi connectivity index (χ3n) is 3.71. The fraction of sp³-hybridized carbons (Fsp3) is 0.556. The van der Waals surface area contributed by atoms with Crippen molar-refractivity contribution in [2.24, 2.45) is 5.16 Å². The van der Waals surface area contributed by atoms with Crippen LogP contribution in [-0.4, -0.2) is 35.7 Å². The first-order valence-electron chi connectivity index (χ1n) is 8.15. The van der Waals surface area contributed by atoms with Crippen molar-refractivity contribution in [2.45, 2.75) is 51.5 Å². The maximum Gasteiger partial charge on any atom is 0.177 e. The lowest BCUT2D eigenvalue weighted by molar-refractivity contribution is -0.112. The number of unbranched alkanes of at least 4 members (excludes halogenated alkanes) is 5. The molecule has 0 atom stereocenters. The molecule has 1 aromatic rings. The van der Waals surface area contributed by atoms with Gasteiger partial charge in [0.1, 0.15) is 6.21 Å². The fourth-order valence-corrected chi connectivity index (χ4v) is 2.49. The molecule has 0 radical (unpaired) electrons. The molecule has 0 aliphatic heterocycles. The molecule has 0 unspecified atom stereocenters. The molecule has 0 aliphatic carbocycles. The van der Waals surface area contributed by atoms with E-state index in [-0.39, 0.29) is 18.2 Å². The van der Waals surface area contributed by atoms with Crippen LogP contribution in [0.15, 0.2) is 35.5 Å². The molecule has 5 heteroatoms. The number of ketones is 1. The largest absolute Gasteiger partial charge is 0.411 e. The van der Waals surface area contributed by atoms with Gasteiger partial charge in [-0.05, 0) is 32.0 Å². The van der Waals surface area contributed by atoms with E-state index in [0.29, 0.717) is 6.42 Å². The second-order valence-electron chi connectivity index (χ2n) is 5.81. The Bertz CT molecular complexity index is 438. The molecule has 0 aliphatic rings. The van der Waals surface area contributed by atoms with Crippen molar-refractivity contribution in [1.29, 1.82) is 0 Å². The maximum atomic E-state index is 11.1. The van der Waals surface area contributed by atoms with Gasteiger partial charge in [0, 0.05) is 13.0 Å². The SMILES string of the molecule is CN(CCCCCCCCC(=O)/C=N/O)Cc1ccccc1.Cl. The number of oxime groups is 1. The monoisotopic (exact) mass is 340 g/mol. The van der Waals surface area contributed by atoms with Gasteiger partial charge in [0.2, 0.25) is 0 Å². The lowest BCUT2D eigenvalue weighted by atomic mass is 10.1. The summed E-state index contributed by atoms with van der Waals surface area (Å²) >= 11 is 0. The Labute approximate surface area is 146 Å². The van der Waals surface area contributed by atoms with Crippen LogP contribution in [0.1, 0.15) is 50.5 Å². The third kappa shape index (κ3) is 11.8. The van der Waals surface area contributed by atoms with E-state index in [4.69, 9.17) is 5.21 Å². The Kier molecular flexibility index (Phi) is 13.4. The lowest BCUT2D eigenvalue weighted by Crippen LogP contribution is -2.18. The molecule has 0 spiro atoms. The number of rotatable bonds is 12. The quantitative estimate of drug-likeness (QED) is 0.267. The molecule has 1 N–H and O–H groups in total. The minimum Gasteiger partial charge on any atom is -0.411 e. The zero-order valence-electron chi connectivity index (χ0n) is 14.0. The summed E-state index contributed by atoms with van der Waals surface area (Å²) in [6, 6.07) is 10.5. The molecule has 0 heterocycles. The van der Waals surface area contributed by atoms with Gasteiger partial charge in [-0.2, -0.15) is 0 Å². The van der Waals surface area contributed by atoms with Gasteiger partial charge >= 0.3 is 0 Å². The average molecular weight is 341 g/mol. The van der Waals surface area contributed by atoms with Gasteiger partial charge in [0.15, 0.2) is 5.78 Å². The van der Waals surface area contributed by atoms with Crippen LogP contribution < -0.4 is 0 Å². The fourth-order valence-electron chi connectivity index (χ4n) is 2.49. The highest BCUT2D eigenvalue weighted by Gasteiger charge is 2.00. The second-order valence-corrected chi connectivity index (χ2v) is 5.81. The van der Waals surface area contributed by atoms with E-state index in [1.807, 2.05) is 6.07 Å². The number of hydrogen-bond donors (Lipinski definition) is 1. The molecule has 0 amide bonds. The van der Waals surface area contributed by atoms with E-state index < -0.39 is 0 Å². The summed E-state index contributed by atoms with van der Waals surface area (Å²) in [5, 5.41) is 11.0. The van der Waals surface area contributed by atoms with Crippen molar-refractivity contribution in [3.8, 4) is 0 Å². The van der Waals surface area contributed by atoms with Crippen LogP contribution in [0.4, 0.5) is 0 Å². The zero-order valence-corrected chi connectivity index (χ0v) is 14.8. The molecule has 1 aromatic carbocycles.